The van der Waals surface area contributed by atoms with Crippen molar-refractivity contribution in [2.45, 2.75) is 0 Å². The summed E-state index contributed by atoms with van der Waals surface area (Å²) in [5.41, 5.74) is 0.884. The van der Waals surface area contributed by atoms with Gasteiger partial charge in [-0.3, -0.25) is 0 Å². The molecular formula is C9H8N2OS. The van der Waals surface area contributed by atoms with E-state index < -0.39 is 0 Å². The summed E-state index contributed by atoms with van der Waals surface area (Å²) in [5.74, 6) is 0.904. The first-order chi connectivity index (χ1) is 6.42. The molecule has 0 atom stereocenters. The third kappa shape index (κ3) is 1.58. The van der Waals surface area contributed by atoms with Crippen molar-refractivity contribution >= 4 is 23.5 Å². The number of aromatic nitrogens is 2. The topological polar surface area (TPSA) is 35.0 Å². The van der Waals surface area contributed by atoms with Crippen LogP contribution < -0.4 is 4.74 Å². The van der Waals surface area contributed by atoms with Gasteiger partial charge in [0, 0.05) is 0 Å². The van der Waals surface area contributed by atoms with Gasteiger partial charge in [-0.1, -0.05) is 12.1 Å². The van der Waals surface area contributed by atoms with E-state index in [1.54, 1.807) is 0 Å². The second-order valence-corrected chi connectivity index (χ2v) is 2.73. The molecule has 0 aliphatic heterocycles. The zero-order chi connectivity index (χ0) is 9.10. The second kappa shape index (κ2) is 3.62. The molecule has 3 nitrogen and oxygen atoms in total. The van der Waals surface area contributed by atoms with E-state index in [1.165, 1.54) is 6.33 Å². The van der Waals surface area contributed by atoms with Gasteiger partial charge in [0.2, 0.25) is 5.88 Å². The summed E-state index contributed by atoms with van der Waals surface area (Å²) < 4.78 is 5.23. The minimum Gasteiger partial charge on any atom is -0.466 e. The van der Waals surface area contributed by atoms with Crippen LogP contribution in [0.15, 0.2) is 30.6 Å². The second-order valence-electron chi connectivity index (χ2n) is 2.47. The molecule has 1 heterocycles. The highest BCUT2D eigenvalue weighted by Crippen LogP contribution is 2.20. The molecule has 0 spiro atoms. The fraction of sp³-hybridized carbons (Fsp3) is 0.111. The van der Waals surface area contributed by atoms with Crippen molar-refractivity contribution < 1.29 is 4.74 Å². The summed E-state index contributed by atoms with van der Waals surface area (Å²) in [5, 5.41) is 0.916. The van der Waals surface area contributed by atoms with E-state index in [0.29, 0.717) is 11.8 Å². The van der Waals surface area contributed by atoms with Crippen LogP contribution in [0, 0.1) is 0 Å². The molecule has 0 unspecified atom stereocenters. The molecule has 13 heavy (non-hydrogen) atoms. The van der Waals surface area contributed by atoms with Gasteiger partial charge in [-0.2, -0.15) is 0 Å². The van der Waals surface area contributed by atoms with Gasteiger partial charge in [-0.15, -0.1) is 12.6 Å². The molecule has 1 aromatic carbocycles. The Morgan fingerprint density at radius 3 is 2.92 bits per heavy atom. The lowest BCUT2D eigenvalue weighted by atomic mass is 10.2. The first-order valence-corrected chi connectivity index (χ1v) is 4.48. The quantitative estimate of drug-likeness (QED) is 0.583. The number of para-hydroxylation sites is 1. The third-order valence-corrected chi connectivity index (χ3v) is 1.84. The molecule has 2 aromatic rings. The fourth-order valence-electron chi connectivity index (χ4n) is 1.16. The van der Waals surface area contributed by atoms with Crippen LogP contribution in [0.4, 0.5) is 0 Å². The van der Waals surface area contributed by atoms with Gasteiger partial charge in [-0.25, -0.2) is 9.97 Å². The highest BCUT2D eigenvalue weighted by Gasteiger charge is 2.01. The number of rotatable bonds is 2. The molecule has 0 aliphatic rings. The highest BCUT2D eigenvalue weighted by molar-refractivity contribution is 7.80. The van der Waals surface area contributed by atoms with Crippen molar-refractivity contribution in [1.29, 1.82) is 0 Å². The Bertz CT molecular complexity index is 414. The largest absolute Gasteiger partial charge is 0.466 e. The maximum absolute atomic E-state index is 5.23. The Morgan fingerprint density at radius 2 is 2.08 bits per heavy atom. The molecular weight excluding hydrogens is 184 g/mol. The van der Waals surface area contributed by atoms with Gasteiger partial charge in [0.25, 0.3) is 0 Å². The number of ether oxygens (including phenoxy) is 1. The normalized spacial score (nSPS) is 10.2. The molecule has 0 aliphatic carbocycles. The Kier molecular flexibility index (Phi) is 2.31. The molecule has 4 heteroatoms. The summed E-state index contributed by atoms with van der Waals surface area (Å²) in [7, 11) is 0. The van der Waals surface area contributed by atoms with Gasteiger partial charge >= 0.3 is 0 Å². The summed E-state index contributed by atoms with van der Waals surface area (Å²) in [6.07, 6.45) is 1.49. The number of benzene rings is 1. The Hall–Kier alpha value is -1.29. The highest BCUT2D eigenvalue weighted by atomic mass is 32.1. The van der Waals surface area contributed by atoms with Crippen molar-refractivity contribution in [2.24, 2.45) is 0 Å². The molecule has 66 valence electrons. The molecule has 0 radical (unpaired) electrons. The predicted molar refractivity (Wildman–Crippen MR) is 54.0 cm³/mol. The molecule has 2 rings (SSSR count). The zero-order valence-corrected chi connectivity index (χ0v) is 7.74. The van der Waals surface area contributed by atoms with Crippen molar-refractivity contribution in [1.82, 2.24) is 9.97 Å². The van der Waals surface area contributed by atoms with E-state index in [1.807, 2.05) is 24.3 Å². The van der Waals surface area contributed by atoms with Gasteiger partial charge in [0.1, 0.15) is 12.3 Å². The van der Waals surface area contributed by atoms with Crippen LogP contribution in [0.1, 0.15) is 0 Å². The predicted octanol–water partition coefficient (Wildman–Crippen LogP) is 1.90. The van der Waals surface area contributed by atoms with Gasteiger partial charge in [0.05, 0.1) is 10.9 Å². The number of fused-ring (bicyclic) bond motifs is 1. The molecule has 0 N–H and O–H groups in total. The van der Waals surface area contributed by atoms with Crippen LogP contribution in [0.2, 0.25) is 0 Å². The summed E-state index contributed by atoms with van der Waals surface area (Å²) in [6.45, 7) is 0. The van der Waals surface area contributed by atoms with Crippen molar-refractivity contribution in [3.63, 3.8) is 0 Å². The van der Waals surface area contributed by atoms with Crippen LogP contribution >= 0.6 is 12.6 Å². The minimum absolute atomic E-state index is 0.320. The van der Waals surface area contributed by atoms with Crippen LogP contribution in [0.25, 0.3) is 10.9 Å². The van der Waals surface area contributed by atoms with Crippen molar-refractivity contribution in [3.05, 3.63) is 30.6 Å². The molecule has 0 saturated heterocycles. The molecule has 0 saturated carbocycles. The van der Waals surface area contributed by atoms with Gasteiger partial charge < -0.3 is 4.74 Å². The molecule has 0 amide bonds. The van der Waals surface area contributed by atoms with E-state index in [0.717, 1.165) is 10.9 Å². The lowest BCUT2D eigenvalue weighted by molar-refractivity contribution is 0.383. The lowest BCUT2D eigenvalue weighted by Gasteiger charge is -2.03. The average molecular weight is 192 g/mol. The van der Waals surface area contributed by atoms with Crippen LogP contribution in [-0.4, -0.2) is 15.9 Å². The van der Waals surface area contributed by atoms with E-state index in [4.69, 9.17) is 4.74 Å². The Labute approximate surface area is 81.2 Å². The smallest absolute Gasteiger partial charge is 0.225 e. The van der Waals surface area contributed by atoms with E-state index >= 15 is 0 Å². The fourth-order valence-corrected chi connectivity index (χ4v) is 1.28. The standard InChI is InChI=1S/C9H8N2OS/c13-6-12-9-7-3-1-2-4-8(7)10-5-11-9/h1-5,13H,6H2. The Morgan fingerprint density at radius 1 is 1.23 bits per heavy atom. The van der Waals surface area contributed by atoms with Crippen LogP contribution in [-0.2, 0) is 0 Å². The molecule has 1 aromatic heterocycles. The number of hydrogen-bond acceptors (Lipinski definition) is 4. The monoisotopic (exact) mass is 192 g/mol. The average Bonchev–Trinajstić information content (AvgIpc) is 2.19. The van der Waals surface area contributed by atoms with Crippen LogP contribution in [0.5, 0.6) is 5.88 Å². The van der Waals surface area contributed by atoms with Crippen molar-refractivity contribution in [3.8, 4) is 5.88 Å². The molecule has 0 fully saturated rings. The first kappa shape index (κ1) is 8.31. The van der Waals surface area contributed by atoms with Crippen LogP contribution in [0.3, 0.4) is 0 Å². The third-order valence-electron chi connectivity index (χ3n) is 1.71. The summed E-state index contributed by atoms with van der Waals surface area (Å²) >= 11 is 3.97. The number of hydrogen-bond donors (Lipinski definition) is 1. The van der Waals surface area contributed by atoms with Gasteiger partial charge in [0.15, 0.2) is 0 Å². The van der Waals surface area contributed by atoms with E-state index in [9.17, 15) is 0 Å². The lowest BCUT2D eigenvalue weighted by Crippen LogP contribution is -1.94. The maximum atomic E-state index is 5.23. The van der Waals surface area contributed by atoms with Gasteiger partial charge in [-0.05, 0) is 12.1 Å². The Balaban J connectivity index is 2.61. The maximum Gasteiger partial charge on any atom is 0.225 e. The van der Waals surface area contributed by atoms with E-state index in [2.05, 4.69) is 22.6 Å². The first-order valence-electron chi connectivity index (χ1n) is 3.85. The van der Waals surface area contributed by atoms with E-state index in [-0.39, 0.29) is 0 Å². The zero-order valence-electron chi connectivity index (χ0n) is 6.84. The number of thiol groups is 1. The SMILES string of the molecule is SCOc1ncnc2ccccc12. The summed E-state index contributed by atoms with van der Waals surface area (Å²) in [4.78, 5) is 8.12. The minimum atomic E-state index is 0.320. The van der Waals surface area contributed by atoms with Crippen molar-refractivity contribution in [2.75, 3.05) is 5.94 Å². The number of nitrogens with zero attached hydrogens (tertiary/aromatic N) is 2. The summed E-state index contributed by atoms with van der Waals surface area (Å²) in [6, 6.07) is 7.70. The molecule has 0 bridgehead atoms.